The van der Waals surface area contributed by atoms with Gasteiger partial charge < -0.3 is 18.9 Å². The highest BCUT2D eigenvalue weighted by molar-refractivity contribution is 4.87. The summed E-state index contributed by atoms with van der Waals surface area (Å²) in [5.41, 5.74) is -1.39. The summed E-state index contributed by atoms with van der Waals surface area (Å²) in [6, 6.07) is 0. The zero-order chi connectivity index (χ0) is 24.1. The minimum Gasteiger partial charge on any atom is -0.352 e. The van der Waals surface area contributed by atoms with Gasteiger partial charge in [-0.1, -0.05) is 40.0 Å². The predicted molar refractivity (Wildman–Crippen MR) is 126 cm³/mol. The van der Waals surface area contributed by atoms with Crippen LogP contribution in [0.25, 0.3) is 0 Å². The predicted octanol–water partition coefficient (Wildman–Crippen LogP) is 7.00. The molecular formula is C25H52O6. The van der Waals surface area contributed by atoms with E-state index in [9.17, 15) is 0 Å². The molecule has 0 fully saturated rings. The first-order chi connectivity index (χ1) is 14.3. The molecule has 0 aromatic heterocycles. The summed E-state index contributed by atoms with van der Waals surface area (Å²) in [7, 11) is 0. The molecule has 0 heterocycles. The van der Waals surface area contributed by atoms with Crippen LogP contribution in [0.5, 0.6) is 0 Å². The van der Waals surface area contributed by atoms with Crippen molar-refractivity contribution in [1.82, 2.24) is 0 Å². The summed E-state index contributed by atoms with van der Waals surface area (Å²) in [6.07, 6.45) is 5.12. The second kappa shape index (κ2) is 14.8. The van der Waals surface area contributed by atoms with E-state index in [0.29, 0.717) is 13.2 Å². The Labute approximate surface area is 192 Å². The van der Waals surface area contributed by atoms with Crippen molar-refractivity contribution in [2.24, 2.45) is 5.41 Å². The second-order valence-corrected chi connectivity index (χ2v) is 10.2. The number of unbranched alkanes of at least 4 members (excludes halogenated alkanes) is 3. The molecule has 0 saturated heterocycles. The van der Waals surface area contributed by atoms with Crippen LogP contribution in [0, 0.1) is 5.41 Å². The third kappa shape index (κ3) is 11.4. The molecule has 0 spiro atoms. The van der Waals surface area contributed by atoms with E-state index in [-0.39, 0.29) is 12.2 Å². The lowest BCUT2D eigenvalue weighted by atomic mass is 9.87. The summed E-state index contributed by atoms with van der Waals surface area (Å²) in [6.45, 7) is 23.4. The summed E-state index contributed by atoms with van der Waals surface area (Å²) in [4.78, 5) is 11.8. The van der Waals surface area contributed by atoms with Crippen LogP contribution < -0.4 is 0 Å². The van der Waals surface area contributed by atoms with Gasteiger partial charge in [0, 0.05) is 6.61 Å². The van der Waals surface area contributed by atoms with Gasteiger partial charge in [0.05, 0.1) is 29.8 Å². The van der Waals surface area contributed by atoms with Crippen molar-refractivity contribution >= 4 is 0 Å². The summed E-state index contributed by atoms with van der Waals surface area (Å²) in [5, 5.41) is 0. The van der Waals surface area contributed by atoms with Gasteiger partial charge in [-0.2, -0.15) is 4.89 Å². The highest BCUT2D eigenvalue weighted by Crippen LogP contribution is 2.45. The van der Waals surface area contributed by atoms with E-state index in [1.807, 2.05) is 55.4 Å². The highest BCUT2D eigenvalue weighted by atomic mass is 17.3. The van der Waals surface area contributed by atoms with Gasteiger partial charge >= 0.3 is 5.97 Å². The Morgan fingerprint density at radius 3 is 1.87 bits per heavy atom. The molecule has 0 bridgehead atoms. The van der Waals surface area contributed by atoms with Gasteiger partial charge in [0.25, 0.3) is 0 Å². The lowest BCUT2D eigenvalue weighted by Gasteiger charge is -2.50. The highest BCUT2D eigenvalue weighted by Gasteiger charge is 2.59. The number of hydrogen-bond acceptors (Lipinski definition) is 6. The van der Waals surface area contributed by atoms with Crippen LogP contribution in [-0.4, -0.2) is 43.3 Å². The lowest BCUT2D eigenvalue weighted by molar-refractivity contribution is -0.565. The van der Waals surface area contributed by atoms with E-state index in [1.165, 1.54) is 0 Å². The molecule has 31 heavy (non-hydrogen) atoms. The van der Waals surface area contributed by atoms with Gasteiger partial charge in [-0.3, -0.25) is 0 Å². The molecule has 0 amide bonds. The fourth-order valence-electron chi connectivity index (χ4n) is 2.88. The molecule has 0 aromatic carbocycles. The van der Waals surface area contributed by atoms with Gasteiger partial charge in [0.15, 0.2) is 6.29 Å². The van der Waals surface area contributed by atoms with Crippen molar-refractivity contribution in [2.45, 2.75) is 145 Å². The van der Waals surface area contributed by atoms with Crippen LogP contribution in [0.1, 0.15) is 115 Å². The van der Waals surface area contributed by atoms with Gasteiger partial charge in [0.1, 0.15) is 0 Å². The van der Waals surface area contributed by atoms with Crippen molar-refractivity contribution in [3.63, 3.8) is 0 Å². The third-order valence-electron chi connectivity index (χ3n) is 4.91. The number of rotatable bonds is 18. The molecular weight excluding hydrogens is 396 g/mol. The van der Waals surface area contributed by atoms with E-state index in [2.05, 4.69) is 20.8 Å². The maximum Gasteiger partial charge on any atom is 0.323 e. The van der Waals surface area contributed by atoms with E-state index in [0.717, 1.165) is 38.5 Å². The van der Waals surface area contributed by atoms with Gasteiger partial charge in [-0.15, -0.1) is 0 Å². The molecule has 0 N–H and O–H groups in total. The molecule has 0 saturated carbocycles. The largest absolute Gasteiger partial charge is 0.352 e. The molecule has 3 atom stereocenters. The molecule has 0 aliphatic heterocycles. The van der Waals surface area contributed by atoms with Crippen molar-refractivity contribution in [3.05, 3.63) is 0 Å². The van der Waals surface area contributed by atoms with Gasteiger partial charge in [-0.25, -0.2) is 4.89 Å². The standard InChI is InChI=1S/C25H52O6/c1-12-15-17-19-27-31-25(29-21(6)14-3,30-23(7,8)9)24(10,11)22(28-20(4)5)26-18-16-13-2/h20-22H,12-19H2,1-11H3. The summed E-state index contributed by atoms with van der Waals surface area (Å²) in [5.74, 6) is -1.52. The average molecular weight is 449 g/mol. The molecule has 0 aliphatic carbocycles. The third-order valence-corrected chi connectivity index (χ3v) is 4.91. The first-order valence-electron chi connectivity index (χ1n) is 12.3. The fourth-order valence-corrected chi connectivity index (χ4v) is 2.88. The average Bonchev–Trinajstić information content (AvgIpc) is 2.65. The molecule has 188 valence electrons. The van der Waals surface area contributed by atoms with Gasteiger partial charge in [0.2, 0.25) is 0 Å². The quantitative estimate of drug-likeness (QED) is 0.0973. The van der Waals surface area contributed by atoms with E-state index >= 15 is 0 Å². The molecule has 0 rings (SSSR count). The topological polar surface area (TPSA) is 55.4 Å². The Hall–Kier alpha value is -0.240. The van der Waals surface area contributed by atoms with E-state index in [4.69, 9.17) is 28.7 Å². The van der Waals surface area contributed by atoms with Crippen LogP contribution in [0.3, 0.4) is 0 Å². The van der Waals surface area contributed by atoms with Crippen LogP contribution >= 0.6 is 0 Å². The number of hydrogen-bond donors (Lipinski definition) is 0. The SMILES string of the molecule is CCCCCOOC(OC(C)CC)(OC(C)(C)C)C(C)(C)C(OCCCC)OC(C)C. The number of ether oxygens (including phenoxy) is 4. The Morgan fingerprint density at radius 1 is 0.774 bits per heavy atom. The Morgan fingerprint density at radius 2 is 1.39 bits per heavy atom. The Kier molecular flexibility index (Phi) is 14.7. The van der Waals surface area contributed by atoms with Crippen LogP contribution in [0.2, 0.25) is 0 Å². The maximum atomic E-state index is 6.51. The minimum atomic E-state index is -1.52. The maximum absolute atomic E-state index is 6.51. The van der Waals surface area contributed by atoms with E-state index in [1.54, 1.807) is 0 Å². The monoisotopic (exact) mass is 448 g/mol. The zero-order valence-corrected chi connectivity index (χ0v) is 22.3. The zero-order valence-electron chi connectivity index (χ0n) is 22.3. The molecule has 6 heteroatoms. The summed E-state index contributed by atoms with van der Waals surface area (Å²) >= 11 is 0. The molecule has 6 nitrogen and oxygen atoms in total. The molecule has 0 aliphatic rings. The van der Waals surface area contributed by atoms with Crippen LogP contribution in [0.4, 0.5) is 0 Å². The molecule has 3 unspecified atom stereocenters. The Balaban J connectivity index is 6.08. The normalized spacial score (nSPS) is 17.0. The molecule has 0 aromatic rings. The van der Waals surface area contributed by atoms with Gasteiger partial charge in [-0.05, 0) is 74.7 Å². The smallest absolute Gasteiger partial charge is 0.323 e. The lowest BCUT2D eigenvalue weighted by Crippen LogP contribution is -2.61. The van der Waals surface area contributed by atoms with Crippen LogP contribution in [-0.2, 0) is 28.7 Å². The van der Waals surface area contributed by atoms with Crippen molar-refractivity contribution in [3.8, 4) is 0 Å². The fraction of sp³-hybridized carbons (Fsp3) is 1.00. The van der Waals surface area contributed by atoms with Crippen molar-refractivity contribution in [2.75, 3.05) is 13.2 Å². The minimum absolute atomic E-state index is 0.0349. The first-order valence-corrected chi connectivity index (χ1v) is 12.3. The molecule has 0 radical (unpaired) electrons. The van der Waals surface area contributed by atoms with Crippen molar-refractivity contribution < 1.29 is 28.7 Å². The first kappa shape index (κ1) is 30.8. The second-order valence-electron chi connectivity index (χ2n) is 10.2. The van der Waals surface area contributed by atoms with Crippen molar-refractivity contribution in [1.29, 1.82) is 0 Å². The summed E-state index contributed by atoms with van der Waals surface area (Å²) < 4.78 is 25.4. The van der Waals surface area contributed by atoms with Crippen LogP contribution in [0.15, 0.2) is 0 Å². The van der Waals surface area contributed by atoms with E-state index < -0.39 is 23.3 Å². The Bertz CT molecular complexity index is 446.